The van der Waals surface area contributed by atoms with Crippen molar-refractivity contribution >= 4 is 10.8 Å². The van der Waals surface area contributed by atoms with Crippen LogP contribution >= 0.6 is 0 Å². The summed E-state index contributed by atoms with van der Waals surface area (Å²) >= 11 is 0. The molecular formula is C16H16O4. The first-order chi connectivity index (χ1) is 9.88. The molecule has 2 aromatic carbocycles. The number of hydrogen-bond donors (Lipinski definition) is 0. The lowest BCUT2D eigenvalue weighted by molar-refractivity contribution is 0.228. The van der Waals surface area contributed by atoms with E-state index in [1.54, 1.807) is 0 Å². The highest BCUT2D eigenvalue weighted by Crippen LogP contribution is 2.33. The first kappa shape index (κ1) is 12.0. The quantitative estimate of drug-likeness (QED) is 0.757. The van der Waals surface area contributed by atoms with Crippen molar-refractivity contribution in [3.8, 4) is 11.5 Å². The Hall–Kier alpha value is -1.78. The molecule has 2 saturated heterocycles. The Morgan fingerprint density at radius 1 is 0.850 bits per heavy atom. The van der Waals surface area contributed by atoms with E-state index in [0.717, 1.165) is 35.5 Å². The summed E-state index contributed by atoms with van der Waals surface area (Å²) in [4.78, 5) is 0. The van der Waals surface area contributed by atoms with E-state index < -0.39 is 0 Å². The van der Waals surface area contributed by atoms with Crippen molar-refractivity contribution in [3.05, 3.63) is 36.4 Å². The van der Waals surface area contributed by atoms with Gasteiger partial charge in [0.15, 0.2) is 11.5 Å². The molecule has 2 aliphatic heterocycles. The fourth-order valence-electron chi connectivity index (χ4n) is 2.12. The van der Waals surface area contributed by atoms with E-state index in [0.29, 0.717) is 13.2 Å². The first-order valence-corrected chi connectivity index (χ1v) is 6.90. The number of ether oxygens (including phenoxy) is 4. The molecule has 4 heteroatoms. The number of rotatable bonds is 6. The zero-order valence-corrected chi connectivity index (χ0v) is 11.1. The monoisotopic (exact) mass is 272 g/mol. The maximum absolute atomic E-state index is 5.83. The van der Waals surface area contributed by atoms with Crippen LogP contribution in [0.3, 0.4) is 0 Å². The van der Waals surface area contributed by atoms with Gasteiger partial charge in [-0.1, -0.05) is 24.3 Å². The Morgan fingerprint density at radius 2 is 1.30 bits per heavy atom. The van der Waals surface area contributed by atoms with Crippen molar-refractivity contribution in [1.82, 2.24) is 0 Å². The molecule has 4 nitrogen and oxygen atoms in total. The van der Waals surface area contributed by atoms with Gasteiger partial charge in [-0.15, -0.1) is 0 Å². The van der Waals surface area contributed by atoms with Crippen molar-refractivity contribution in [2.45, 2.75) is 12.2 Å². The molecule has 0 bridgehead atoms. The van der Waals surface area contributed by atoms with Gasteiger partial charge in [-0.25, -0.2) is 0 Å². The van der Waals surface area contributed by atoms with E-state index in [1.165, 1.54) is 0 Å². The summed E-state index contributed by atoms with van der Waals surface area (Å²) in [7, 11) is 0. The Labute approximate surface area is 117 Å². The molecule has 2 aliphatic rings. The second-order valence-corrected chi connectivity index (χ2v) is 5.18. The second kappa shape index (κ2) is 4.96. The van der Waals surface area contributed by atoms with Crippen molar-refractivity contribution < 1.29 is 18.9 Å². The van der Waals surface area contributed by atoms with Crippen LogP contribution in [0.1, 0.15) is 0 Å². The summed E-state index contributed by atoms with van der Waals surface area (Å²) in [6.45, 7) is 2.74. The molecule has 4 rings (SSSR count). The normalized spacial score (nSPS) is 23.6. The highest BCUT2D eigenvalue weighted by molar-refractivity contribution is 5.86. The average molecular weight is 272 g/mol. The molecule has 0 saturated carbocycles. The van der Waals surface area contributed by atoms with Gasteiger partial charge < -0.3 is 18.9 Å². The number of fused-ring (bicyclic) bond motifs is 1. The lowest BCUT2D eigenvalue weighted by Gasteiger charge is -2.13. The largest absolute Gasteiger partial charge is 0.487 e. The molecule has 2 heterocycles. The van der Waals surface area contributed by atoms with E-state index in [1.807, 2.05) is 24.3 Å². The Balaban J connectivity index is 1.61. The van der Waals surface area contributed by atoms with E-state index in [2.05, 4.69) is 12.1 Å². The molecule has 2 aromatic rings. The molecule has 0 aliphatic carbocycles. The van der Waals surface area contributed by atoms with Crippen molar-refractivity contribution in [2.24, 2.45) is 0 Å². The zero-order valence-electron chi connectivity index (χ0n) is 11.1. The van der Waals surface area contributed by atoms with Crippen LogP contribution < -0.4 is 9.47 Å². The lowest BCUT2D eigenvalue weighted by atomic mass is 10.1. The van der Waals surface area contributed by atoms with Gasteiger partial charge in [0.25, 0.3) is 0 Å². The fourth-order valence-corrected chi connectivity index (χ4v) is 2.12. The van der Waals surface area contributed by atoms with Gasteiger partial charge >= 0.3 is 0 Å². The van der Waals surface area contributed by atoms with Crippen LogP contribution in [0.4, 0.5) is 0 Å². The SMILES string of the molecule is c1ccc2cc(OC[C@H]3CO3)c(OC[C@H]3CO3)cc2c1. The van der Waals surface area contributed by atoms with Crippen molar-refractivity contribution in [1.29, 1.82) is 0 Å². The van der Waals surface area contributed by atoms with Gasteiger partial charge in [0.2, 0.25) is 0 Å². The Kier molecular flexibility index (Phi) is 2.98. The zero-order chi connectivity index (χ0) is 13.4. The topological polar surface area (TPSA) is 43.5 Å². The van der Waals surface area contributed by atoms with Gasteiger partial charge in [0.05, 0.1) is 13.2 Å². The maximum atomic E-state index is 5.83. The van der Waals surface area contributed by atoms with Gasteiger partial charge in [-0.2, -0.15) is 0 Å². The minimum absolute atomic E-state index is 0.237. The van der Waals surface area contributed by atoms with E-state index in [9.17, 15) is 0 Å². The summed E-state index contributed by atoms with van der Waals surface area (Å²) in [5.41, 5.74) is 0. The van der Waals surface area contributed by atoms with Gasteiger partial charge in [-0.3, -0.25) is 0 Å². The van der Waals surface area contributed by atoms with E-state index >= 15 is 0 Å². The maximum Gasteiger partial charge on any atom is 0.161 e. The van der Waals surface area contributed by atoms with Gasteiger partial charge in [0, 0.05) is 0 Å². The Morgan fingerprint density at radius 3 is 1.70 bits per heavy atom. The molecular weight excluding hydrogens is 256 g/mol. The predicted octanol–water partition coefficient (Wildman–Crippen LogP) is 2.40. The molecule has 0 unspecified atom stereocenters. The summed E-state index contributed by atoms with van der Waals surface area (Å²) in [6.07, 6.45) is 0.474. The molecule has 0 amide bonds. The van der Waals surface area contributed by atoms with Crippen molar-refractivity contribution in [2.75, 3.05) is 26.4 Å². The van der Waals surface area contributed by atoms with Gasteiger partial charge in [-0.05, 0) is 22.9 Å². The molecule has 0 N–H and O–H groups in total. The minimum atomic E-state index is 0.237. The van der Waals surface area contributed by atoms with Crippen LogP contribution in [-0.2, 0) is 9.47 Å². The van der Waals surface area contributed by atoms with E-state index in [-0.39, 0.29) is 12.2 Å². The third-order valence-corrected chi connectivity index (χ3v) is 3.47. The number of hydrogen-bond acceptors (Lipinski definition) is 4. The van der Waals surface area contributed by atoms with Crippen LogP contribution in [0.25, 0.3) is 10.8 Å². The first-order valence-electron chi connectivity index (χ1n) is 6.90. The smallest absolute Gasteiger partial charge is 0.161 e. The van der Waals surface area contributed by atoms with Gasteiger partial charge in [0.1, 0.15) is 25.4 Å². The minimum Gasteiger partial charge on any atom is -0.487 e. The Bertz CT molecular complexity index is 562. The molecule has 0 radical (unpaired) electrons. The van der Waals surface area contributed by atoms with E-state index in [4.69, 9.17) is 18.9 Å². The fraction of sp³-hybridized carbons (Fsp3) is 0.375. The highest BCUT2D eigenvalue weighted by Gasteiger charge is 2.25. The predicted molar refractivity (Wildman–Crippen MR) is 74.4 cm³/mol. The van der Waals surface area contributed by atoms with Crippen LogP contribution in [0.15, 0.2) is 36.4 Å². The van der Waals surface area contributed by atoms with Crippen molar-refractivity contribution in [3.63, 3.8) is 0 Å². The molecule has 0 spiro atoms. The molecule has 2 fully saturated rings. The summed E-state index contributed by atoms with van der Waals surface area (Å²) in [6, 6.07) is 12.2. The molecule has 0 aromatic heterocycles. The third kappa shape index (κ3) is 2.71. The standard InChI is InChI=1S/C16H16O4/c1-2-4-12-6-16(20-10-14-8-18-14)15(5-11(12)3-1)19-9-13-7-17-13/h1-6,13-14H,7-10H2/t13-,14-/m1/s1. The van der Waals surface area contributed by atoms with Crippen LogP contribution in [-0.4, -0.2) is 38.6 Å². The number of benzene rings is 2. The summed E-state index contributed by atoms with van der Waals surface area (Å²) in [5.74, 6) is 1.56. The van der Waals surface area contributed by atoms with Crippen LogP contribution in [0.5, 0.6) is 11.5 Å². The number of epoxide rings is 2. The van der Waals surface area contributed by atoms with Crippen LogP contribution in [0, 0.1) is 0 Å². The molecule has 2 atom stereocenters. The lowest BCUT2D eigenvalue weighted by Crippen LogP contribution is -2.08. The molecule has 104 valence electrons. The highest BCUT2D eigenvalue weighted by atomic mass is 16.6. The average Bonchev–Trinajstić information content (AvgIpc) is 3.37. The van der Waals surface area contributed by atoms with Crippen LogP contribution in [0.2, 0.25) is 0 Å². The summed E-state index contributed by atoms with van der Waals surface area (Å²) in [5, 5.41) is 2.29. The second-order valence-electron chi connectivity index (χ2n) is 5.18. The molecule has 20 heavy (non-hydrogen) atoms. The summed E-state index contributed by atoms with van der Waals surface area (Å²) < 4.78 is 22.0. The third-order valence-electron chi connectivity index (χ3n) is 3.47.